The molecule has 1 aromatic heterocycles. The third-order valence-corrected chi connectivity index (χ3v) is 5.49. The molecule has 1 unspecified atom stereocenters. The Hall–Kier alpha value is -2.37. The van der Waals surface area contributed by atoms with E-state index in [1.54, 1.807) is 13.4 Å². The van der Waals surface area contributed by atoms with E-state index in [1.165, 1.54) is 11.3 Å². The van der Waals surface area contributed by atoms with Gasteiger partial charge < -0.3 is 14.1 Å². The fourth-order valence-electron chi connectivity index (χ4n) is 4.13. The zero-order valence-corrected chi connectivity index (χ0v) is 15.8. The Balaban J connectivity index is 1.58. The minimum Gasteiger partial charge on any atom is -0.468 e. The van der Waals surface area contributed by atoms with Gasteiger partial charge in [0.15, 0.2) is 5.78 Å². The molecule has 2 aromatic rings. The summed E-state index contributed by atoms with van der Waals surface area (Å²) in [6.45, 7) is 3.63. The standard InChI is InChI=1S/C22H26N2O3/c1-26-11-9-24-16-23(14-19-8-5-10-27-19)15-20-21(24)12-18(13-22(20)25)17-6-3-2-4-7-17/h2-8,10,18H,9,11-16H2,1H3. The minimum absolute atomic E-state index is 0.263. The lowest BCUT2D eigenvalue weighted by atomic mass is 9.80. The van der Waals surface area contributed by atoms with Crippen molar-refractivity contribution in [1.82, 2.24) is 9.80 Å². The number of hydrogen-bond acceptors (Lipinski definition) is 5. The number of benzene rings is 1. The van der Waals surface area contributed by atoms with Crippen molar-refractivity contribution in [1.29, 1.82) is 0 Å². The van der Waals surface area contributed by atoms with Gasteiger partial charge in [0.2, 0.25) is 0 Å². The van der Waals surface area contributed by atoms with E-state index in [0.717, 1.165) is 31.0 Å². The molecule has 1 aromatic carbocycles. The summed E-state index contributed by atoms with van der Waals surface area (Å²) < 4.78 is 10.8. The molecule has 0 saturated heterocycles. The van der Waals surface area contributed by atoms with Gasteiger partial charge in [-0.05, 0) is 30.0 Å². The van der Waals surface area contributed by atoms with Crippen molar-refractivity contribution in [3.8, 4) is 0 Å². The lowest BCUT2D eigenvalue weighted by Crippen LogP contribution is -2.47. The van der Waals surface area contributed by atoms with Crippen molar-refractivity contribution < 1.29 is 13.9 Å². The third kappa shape index (κ3) is 3.99. The van der Waals surface area contributed by atoms with E-state index in [-0.39, 0.29) is 11.7 Å². The zero-order chi connectivity index (χ0) is 18.6. The van der Waals surface area contributed by atoms with Crippen molar-refractivity contribution in [2.45, 2.75) is 25.3 Å². The van der Waals surface area contributed by atoms with Crippen LogP contribution in [0.5, 0.6) is 0 Å². The summed E-state index contributed by atoms with van der Waals surface area (Å²) >= 11 is 0. The fraction of sp³-hybridized carbons (Fsp3) is 0.409. The molecule has 1 atom stereocenters. The molecule has 2 heterocycles. The van der Waals surface area contributed by atoms with Gasteiger partial charge in [-0.25, -0.2) is 0 Å². The van der Waals surface area contributed by atoms with E-state index in [4.69, 9.17) is 9.15 Å². The number of carbonyl (C=O) groups excluding carboxylic acids is 1. The third-order valence-electron chi connectivity index (χ3n) is 5.49. The topological polar surface area (TPSA) is 45.9 Å². The maximum atomic E-state index is 13.0. The van der Waals surface area contributed by atoms with Crippen LogP contribution in [0, 0.1) is 0 Å². The number of allylic oxidation sites excluding steroid dienone is 1. The van der Waals surface area contributed by atoms with E-state index in [9.17, 15) is 4.79 Å². The summed E-state index contributed by atoms with van der Waals surface area (Å²) in [5, 5.41) is 0. The van der Waals surface area contributed by atoms with Gasteiger partial charge in [0.25, 0.3) is 0 Å². The molecule has 0 saturated carbocycles. The van der Waals surface area contributed by atoms with Crippen molar-refractivity contribution in [3.05, 3.63) is 71.3 Å². The molecule has 2 aliphatic rings. The largest absolute Gasteiger partial charge is 0.468 e. The van der Waals surface area contributed by atoms with Crippen LogP contribution in [0.3, 0.4) is 0 Å². The maximum absolute atomic E-state index is 13.0. The number of hydrogen-bond donors (Lipinski definition) is 0. The predicted molar refractivity (Wildman–Crippen MR) is 103 cm³/mol. The van der Waals surface area contributed by atoms with Gasteiger partial charge >= 0.3 is 0 Å². The van der Waals surface area contributed by atoms with Crippen LogP contribution in [0.25, 0.3) is 0 Å². The van der Waals surface area contributed by atoms with Crippen LogP contribution in [-0.4, -0.2) is 49.1 Å². The van der Waals surface area contributed by atoms with Crippen LogP contribution in [-0.2, 0) is 16.1 Å². The van der Waals surface area contributed by atoms with Gasteiger partial charge in [0.05, 0.1) is 26.1 Å². The highest BCUT2D eigenvalue weighted by Gasteiger charge is 2.35. The van der Waals surface area contributed by atoms with Crippen molar-refractivity contribution in [2.75, 3.05) is 33.5 Å². The Kier molecular flexibility index (Phi) is 5.41. The second kappa shape index (κ2) is 8.11. The Labute approximate surface area is 160 Å². The highest BCUT2D eigenvalue weighted by atomic mass is 16.5. The lowest BCUT2D eigenvalue weighted by Gasteiger charge is -2.43. The van der Waals surface area contributed by atoms with Crippen molar-refractivity contribution >= 4 is 5.78 Å². The maximum Gasteiger partial charge on any atom is 0.162 e. The monoisotopic (exact) mass is 366 g/mol. The molecule has 0 spiro atoms. The normalized spacial score (nSPS) is 20.9. The first-order valence-corrected chi connectivity index (χ1v) is 9.53. The predicted octanol–water partition coefficient (Wildman–Crippen LogP) is 3.40. The molecule has 1 aliphatic heterocycles. The number of carbonyl (C=O) groups is 1. The van der Waals surface area contributed by atoms with Crippen molar-refractivity contribution in [3.63, 3.8) is 0 Å². The Morgan fingerprint density at radius 2 is 2.00 bits per heavy atom. The van der Waals surface area contributed by atoms with Crippen molar-refractivity contribution in [2.24, 2.45) is 0 Å². The van der Waals surface area contributed by atoms with E-state index in [2.05, 4.69) is 34.1 Å². The second-order valence-electron chi connectivity index (χ2n) is 7.33. The fourth-order valence-corrected chi connectivity index (χ4v) is 4.13. The van der Waals surface area contributed by atoms with Crippen LogP contribution < -0.4 is 0 Å². The number of Topliss-reactive ketones (excluding diaryl/α,β-unsaturated/α-hetero) is 1. The average Bonchev–Trinajstić information content (AvgIpc) is 3.20. The van der Waals surface area contributed by atoms with Gasteiger partial charge in [-0.2, -0.15) is 0 Å². The first kappa shape index (κ1) is 18.0. The number of ketones is 1. The number of nitrogens with zero attached hydrogens (tertiary/aromatic N) is 2. The number of ether oxygens (including phenoxy) is 1. The quantitative estimate of drug-likeness (QED) is 0.784. The lowest BCUT2D eigenvalue weighted by molar-refractivity contribution is -0.117. The van der Waals surface area contributed by atoms with E-state index in [1.807, 2.05) is 18.2 Å². The zero-order valence-electron chi connectivity index (χ0n) is 15.8. The van der Waals surface area contributed by atoms with E-state index >= 15 is 0 Å². The number of methoxy groups -OCH3 is 1. The summed E-state index contributed by atoms with van der Waals surface area (Å²) in [5.41, 5.74) is 3.42. The van der Waals surface area contributed by atoms with Gasteiger partial charge in [-0.3, -0.25) is 9.69 Å². The van der Waals surface area contributed by atoms with E-state index < -0.39 is 0 Å². The van der Waals surface area contributed by atoms with Crippen LogP contribution in [0.15, 0.2) is 64.4 Å². The molecule has 0 fully saturated rings. The summed E-state index contributed by atoms with van der Waals surface area (Å²) in [5.74, 6) is 1.46. The summed E-state index contributed by atoms with van der Waals surface area (Å²) in [6, 6.07) is 14.3. The first-order valence-electron chi connectivity index (χ1n) is 9.53. The summed E-state index contributed by atoms with van der Waals surface area (Å²) in [7, 11) is 1.72. The van der Waals surface area contributed by atoms with Crippen LogP contribution >= 0.6 is 0 Å². The molecule has 27 heavy (non-hydrogen) atoms. The molecule has 0 N–H and O–H groups in total. The van der Waals surface area contributed by atoms with E-state index in [0.29, 0.717) is 26.1 Å². The SMILES string of the molecule is COCCN1CN(Cc2ccco2)CC2=C1CC(c1ccccc1)CC2=O. The van der Waals surface area contributed by atoms with Gasteiger partial charge in [-0.15, -0.1) is 0 Å². The molecule has 5 nitrogen and oxygen atoms in total. The highest BCUT2D eigenvalue weighted by molar-refractivity contribution is 5.98. The van der Waals surface area contributed by atoms with Gasteiger partial charge in [0.1, 0.15) is 5.76 Å². The molecule has 5 heteroatoms. The van der Waals surface area contributed by atoms with Crippen LogP contribution in [0.4, 0.5) is 0 Å². The number of furan rings is 1. The molecular weight excluding hydrogens is 340 g/mol. The Morgan fingerprint density at radius 3 is 2.74 bits per heavy atom. The highest BCUT2D eigenvalue weighted by Crippen LogP contribution is 2.38. The smallest absolute Gasteiger partial charge is 0.162 e. The number of rotatable bonds is 6. The molecule has 142 valence electrons. The molecular formula is C22H26N2O3. The molecule has 0 amide bonds. The molecule has 0 radical (unpaired) electrons. The van der Waals surface area contributed by atoms with Crippen LogP contribution in [0.2, 0.25) is 0 Å². The molecule has 0 bridgehead atoms. The summed E-state index contributed by atoms with van der Waals surface area (Å²) in [4.78, 5) is 17.6. The van der Waals surface area contributed by atoms with Gasteiger partial charge in [-0.1, -0.05) is 30.3 Å². The average molecular weight is 366 g/mol. The van der Waals surface area contributed by atoms with Crippen LogP contribution in [0.1, 0.15) is 30.1 Å². The Bertz CT molecular complexity index is 798. The Morgan fingerprint density at radius 1 is 1.15 bits per heavy atom. The molecule has 1 aliphatic carbocycles. The van der Waals surface area contributed by atoms with Gasteiger partial charge in [0, 0.05) is 37.9 Å². The molecule has 4 rings (SSSR count). The minimum atomic E-state index is 0.263. The first-order chi connectivity index (χ1) is 13.2. The summed E-state index contributed by atoms with van der Waals surface area (Å²) in [6.07, 6.45) is 3.21. The second-order valence-corrected chi connectivity index (χ2v) is 7.33.